The summed E-state index contributed by atoms with van der Waals surface area (Å²) < 4.78 is 13.0. The first-order valence-electron chi connectivity index (χ1n) is 7.35. The molecule has 2 N–H and O–H groups in total. The Morgan fingerprint density at radius 2 is 1.95 bits per heavy atom. The van der Waals surface area contributed by atoms with Gasteiger partial charge in [-0.15, -0.1) is 0 Å². The molecule has 6 heteroatoms. The van der Waals surface area contributed by atoms with Crippen LogP contribution in [0, 0.1) is 5.82 Å². The molecular weight excluding hydrogens is 283 g/mol. The number of hydrogen-bond acceptors (Lipinski definition) is 5. The molecule has 0 unspecified atom stereocenters. The number of aryl methyl sites for hydroxylation is 1. The minimum Gasteiger partial charge on any atom is -0.395 e. The van der Waals surface area contributed by atoms with E-state index in [1.807, 2.05) is 18.0 Å². The predicted octanol–water partition coefficient (Wildman–Crippen LogP) is 2.74. The number of halogens is 1. The van der Waals surface area contributed by atoms with Crippen LogP contribution in [0.5, 0.6) is 0 Å². The molecule has 0 aliphatic heterocycles. The molecular formula is C16H21FN4O. The highest BCUT2D eigenvalue weighted by Gasteiger charge is 2.08. The molecule has 2 rings (SSSR count). The van der Waals surface area contributed by atoms with Crippen molar-refractivity contribution in [1.29, 1.82) is 0 Å². The molecule has 1 aromatic carbocycles. The zero-order valence-corrected chi connectivity index (χ0v) is 12.9. The Bertz CT molecular complexity index is 604. The molecule has 0 atom stereocenters. The molecule has 1 heterocycles. The van der Waals surface area contributed by atoms with Gasteiger partial charge in [0.25, 0.3) is 0 Å². The maximum absolute atomic E-state index is 13.0. The fraction of sp³-hybridized carbons (Fsp3) is 0.375. The van der Waals surface area contributed by atoms with E-state index in [9.17, 15) is 4.39 Å². The molecule has 1 aromatic heterocycles. The molecule has 0 aliphatic rings. The van der Waals surface area contributed by atoms with Crippen LogP contribution in [0.25, 0.3) is 0 Å². The highest BCUT2D eigenvalue weighted by atomic mass is 19.1. The Morgan fingerprint density at radius 3 is 2.59 bits per heavy atom. The number of benzene rings is 1. The lowest BCUT2D eigenvalue weighted by Gasteiger charge is -2.18. The summed E-state index contributed by atoms with van der Waals surface area (Å²) in [5.41, 5.74) is 1.66. The van der Waals surface area contributed by atoms with Crippen molar-refractivity contribution in [1.82, 2.24) is 9.97 Å². The molecule has 2 aromatic rings. The molecule has 22 heavy (non-hydrogen) atoms. The largest absolute Gasteiger partial charge is 0.395 e. The third kappa shape index (κ3) is 4.39. The van der Waals surface area contributed by atoms with Gasteiger partial charge in [-0.3, -0.25) is 0 Å². The summed E-state index contributed by atoms with van der Waals surface area (Å²) in [6.45, 7) is 2.65. The smallest absolute Gasteiger partial charge is 0.229 e. The number of nitrogens with one attached hydrogen (secondary N) is 1. The SMILES string of the molecule is CCCc1cc(N(C)CCO)nc(Nc2ccc(F)cc2)n1. The van der Waals surface area contributed by atoms with Crippen LogP contribution in [0.15, 0.2) is 30.3 Å². The lowest BCUT2D eigenvalue weighted by molar-refractivity contribution is 0.304. The lowest BCUT2D eigenvalue weighted by atomic mass is 10.2. The van der Waals surface area contributed by atoms with Crippen LogP contribution in [-0.2, 0) is 6.42 Å². The summed E-state index contributed by atoms with van der Waals surface area (Å²) >= 11 is 0. The molecule has 118 valence electrons. The molecule has 0 amide bonds. The predicted molar refractivity (Wildman–Crippen MR) is 86.1 cm³/mol. The Balaban J connectivity index is 2.26. The summed E-state index contributed by atoms with van der Waals surface area (Å²) in [6, 6.07) is 7.98. The van der Waals surface area contributed by atoms with E-state index in [2.05, 4.69) is 22.2 Å². The standard InChI is InChI=1S/C16H21FN4O/c1-3-4-14-11-15(21(2)9-10-22)20-16(19-14)18-13-7-5-12(17)6-8-13/h5-8,11,22H,3-4,9-10H2,1-2H3,(H,18,19,20). The number of aliphatic hydroxyl groups is 1. The first-order chi connectivity index (χ1) is 10.6. The topological polar surface area (TPSA) is 61.3 Å². The monoisotopic (exact) mass is 304 g/mol. The highest BCUT2D eigenvalue weighted by Crippen LogP contribution is 2.19. The van der Waals surface area contributed by atoms with Gasteiger partial charge in [0, 0.05) is 31.0 Å². The fourth-order valence-electron chi connectivity index (χ4n) is 2.05. The van der Waals surface area contributed by atoms with Gasteiger partial charge in [0.05, 0.1) is 6.61 Å². The fourth-order valence-corrected chi connectivity index (χ4v) is 2.05. The van der Waals surface area contributed by atoms with Gasteiger partial charge >= 0.3 is 0 Å². The minimum atomic E-state index is -0.283. The number of aliphatic hydroxyl groups excluding tert-OH is 1. The lowest BCUT2D eigenvalue weighted by Crippen LogP contribution is -2.23. The van der Waals surface area contributed by atoms with E-state index in [-0.39, 0.29) is 12.4 Å². The second-order valence-electron chi connectivity index (χ2n) is 5.07. The minimum absolute atomic E-state index is 0.0599. The molecule has 0 fully saturated rings. The summed E-state index contributed by atoms with van der Waals surface area (Å²) in [7, 11) is 1.87. The zero-order chi connectivity index (χ0) is 15.9. The Labute approximate surface area is 129 Å². The van der Waals surface area contributed by atoms with Crippen molar-refractivity contribution in [3.05, 3.63) is 41.8 Å². The van der Waals surface area contributed by atoms with Crippen LogP contribution in [0.2, 0.25) is 0 Å². The van der Waals surface area contributed by atoms with Crippen LogP contribution in [0.3, 0.4) is 0 Å². The Hall–Kier alpha value is -2.21. The quantitative estimate of drug-likeness (QED) is 0.823. The van der Waals surface area contributed by atoms with E-state index in [1.165, 1.54) is 12.1 Å². The molecule has 0 radical (unpaired) electrons. The van der Waals surface area contributed by atoms with Crippen molar-refractivity contribution in [2.24, 2.45) is 0 Å². The van der Waals surface area contributed by atoms with Crippen molar-refractivity contribution < 1.29 is 9.50 Å². The second kappa shape index (κ2) is 7.70. The summed E-state index contributed by atoms with van der Waals surface area (Å²) in [4.78, 5) is 10.8. The van der Waals surface area contributed by atoms with Gasteiger partial charge in [-0.2, -0.15) is 4.98 Å². The highest BCUT2D eigenvalue weighted by molar-refractivity contribution is 5.55. The van der Waals surface area contributed by atoms with Gasteiger partial charge in [0.2, 0.25) is 5.95 Å². The number of anilines is 3. The second-order valence-corrected chi connectivity index (χ2v) is 5.07. The molecule has 0 bridgehead atoms. The average Bonchev–Trinajstić information content (AvgIpc) is 2.50. The van der Waals surface area contributed by atoms with Gasteiger partial charge in [0.1, 0.15) is 11.6 Å². The van der Waals surface area contributed by atoms with Gasteiger partial charge in [-0.05, 0) is 30.7 Å². The first kappa shape index (κ1) is 16.2. The first-order valence-corrected chi connectivity index (χ1v) is 7.35. The molecule has 0 aliphatic carbocycles. The van der Waals surface area contributed by atoms with E-state index < -0.39 is 0 Å². The van der Waals surface area contributed by atoms with E-state index >= 15 is 0 Å². The zero-order valence-electron chi connectivity index (χ0n) is 12.9. The summed E-state index contributed by atoms with van der Waals surface area (Å²) in [5.74, 6) is 0.934. The van der Waals surface area contributed by atoms with E-state index in [4.69, 9.17) is 5.11 Å². The van der Waals surface area contributed by atoms with Crippen LogP contribution in [-0.4, -0.2) is 35.3 Å². The van der Waals surface area contributed by atoms with E-state index in [0.29, 0.717) is 12.5 Å². The van der Waals surface area contributed by atoms with Crippen molar-refractivity contribution in [3.63, 3.8) is 0 Å². The van der Waals surface area contributed by atoms with Gasteiger partial charge in [-0.1, -0.05) is 13.3 Å². The van der Waals surface area contributed by atoms with E-state index in [0.717, 1.165) is 30.0 Å². The number of nitrogens with zero attached hydrogens (tertiary/aromatic N) is 3. The Morgan fingerprint density at radius 1 is 1.23 bits per heavy atom. The summed E-state index contributed by atoms with van der Waals surface area (Å²) in [5, 5.41) is 12.2. The number of likely N-dealkylation sites (N-methyl/N-ethyl adjacent to an activating group) is 1. The molecule has 0 saturated heterocycles. The number of aromatic nitrogens is 2. The normalized spacial score (nSPS) is 10.5. The molecule has 0 spiro atoms. The van der Waals surface area contributed by atoms with Crippen LogP contribution in [0.1, 0.15) is 19.0 Å². The van der Waals surface area contributed by atoms with Crippen LogP contribution in [0.4, 0.5) is 21.8 Å². The van der Waals surface area contributed by atoms with Crippen molar-refractivity contribution in [2.45, 2.75) is 19.8 Å². The number of hydrogen-bond donors (Lipinski definition) is 2. The third-order valence-corrected chi connectivity index (χ3v) is 3.20. The van der Waals surface area contributed by atoms with E-state index in [1.54, 1.807) is 12.1 Å². The maximum atomic E-state index is 13.0. The third-order valence-electron chi connectivity index (χ3n) is 3.20. The van der Waals surface area contributed by atoms with Crippen molar-refractivity contribution >= 4 is 17.5 Å². The van der Waals surface area contributed by atoms with Crippen LogP contribution < -0.4 is 10.2 Å². The van der Waals surface area contributed by atoms with Crippen LogP contribution >= 0.6 is 0 Å². The number of rotatable bonds is 7. The maximum Gasteiger partial charge on any atom is 0.229 e. The Kier molecular flexibility index (Phi) is 5.66. The van der Waals surface area contributed by atoms with Gasteiger partial charge < -0.3 is 15.3 Å². The average molecular weight is 304 g/mol. The van der Waals surface area contributed by atoms with Gasteiger partial charge in [-0.25, -0.2) is 9.37 Å². The van der Waals surface area contributed by atoms with Gasteiger partial charge in [0.15, 0.2) is 0 Å². The molecule has 5 nitrogen and oxygen atoms in total. The summed E-state index contributed by atoms with van der Waals surface area (Å²) in [6.07, 6.45) is 1.83. The van der Waals surface area contributed by atoms with Crippen molar-refractivity contribution in [2.75, 3.05) is 30.4 Å². The van der Waals surface area contributed by atoms with Crippen molar-refractivity contribution in [3.8, 4) is 0 Å². The molecule has 0 saturated carbocycles.